The Morgan fingerprint density at radius 2 is 1.94 bits per heavy atom. The number of nitrogens with one attached hydrogen (secondary N) is 1. The average molecular weight is 241 g/mol. The molecule has 0 radical (unpaired) electrons. The Bertz CT molecular complexity index is 203. The molecular formula is C15H31NO. The van der Waals surface area contributed by atoms with E-state index in [9.17, 15) is 0 Å². The third-order valence-corrected chi connectivity index (χ3v) is 3.85. The Hall–Kier alpha value is -0.0800. The minimum absolute atomic E-state index is 0.533. The van der Waals surface area contributed by atoms with Crippen LogP contribution < -0.4 is 5.32 Å². The van der Waals surface area contributed by atoms with Crippen molar-refractivity contribution in [3.8, 4) is 0 Å². The van der Waals surface area contributed by atoms with E-state index < -0.39 is 0 Å². The van der Waals surface area contributed by atoms with Crippen LogP contribution in [0.1, 0.15) is 59.3 Å². The van der Waals surface area contributed by atoms with E-state index in [1.54, 1.807) is 7.11 Å². The molecular weight excluding hydrogens is 210 g/mol. The molecule has 0 bridgehead atoms. The third kappa shape index (κ3) is 6.42. The molecule has 0 saturated heterocycles. The molecule has 0 aliphatic heterocycles. The van der Waals surface area contributed by atoms with Crippen molar-refractivity contribution in [1.29, 1.82) is 0 Å². The molecule has 102 valence electrons. The molecule has 0 aromatic carbocycles. The topological polar surface area (TPSA) is 21.3 Å². The number of methoxy groups -OCH3 is 1. The molecule has 2 unspecified atom stereocenters. The Balaban J connectivity index is 2.10. The highest BCUT2D eigenvalue weighted by atomic mass is 16.5. The van der Waals surface area contributed by atoms with E-state index in [0.717, 1.165) is 18.6 Å². The molecule has 2 nitrogen and oxygen atoms in total. The lowest BCUT2D eigenvalue weighted by Crippen LogP contribution is -2.40. The van der Waals surface area contributed by atoms with Gasteiger partial charge in [0, 0.05) is 19.8 Å². The largest absolute Gasteiger partial charge is 0.385 e. The number of rotatable bonds is 7. The Kier molecular flexibility index (Phi) is 6.50. The fourth-order valence-electron chi connectivity index (χ4n) is 3.36. The van der Waals surface area contributed by atoms with Crippen LogP contribution in [0.15, 0.2) is 0 Å². The van der Waals surface area contributed by atoms with Gasteiger partial charge in [0.25, 0.3) is 0 Å². The third-order valence-electron chi connectivity index (χ3n) is 3.85. The number of hydrogen-bond acceptors (Lipinski definition) is 2. The Morgan fingerprint density at radius 1 is 1.18 bits per heavy atom. The quantitative estimate of drug-likeness (QED) is 0.688. The molecule has 2 heteroatoms. The minimum Gasteiger partial charge on any atom is -0.385 e. The van der Waals surface area contributed by atoms with Crippen LogP contribution >= 0.6 is 0 Å². The van der Waals surface area contributed by atoms with Crippen molar-refractivity contribution in [1.82, 2.24) is 5.32 Å². The summed E-state index contributed by atoms with van der Waals surface area (Å²) in [6.45, 7) is 9.31. The maximum atomic E-state index is 5.06. The van der Waals surface area contributed by atoms with Crippen LogP contribution in [-0.2, 0) is 4.74 Å². The predicted octanol–water partition coefficient (Wildman–Crippen LogP) is 3.61. The van der Waals surface area contributed by atoms with Gasteiger partial charge in [-0.15, -0.1) is 0 Å². The summed E-state index contributed by atoms with van der Waals surface area (Å²) in [6, 6.07) is 0.746. The highest BCUT2D eigenvalue weighted by Crippen LogP contribution is 2.38. The van der Waals surface area contributed by atoms with E-state index in [1.165, 1.54) is 45.1 Å². The second kappa shape index (κ2) is 7.38. The maximum Gasteiger partial charge on any atom is 0.0462 e. The first-order valence-corrected chi connectivity index (χ1v) is 7.26. The van der Waals surface area contributed by atoms with E-state index >= 15 is 0 Å². The second-order valence-electron chi connectivity index (χ2n) is 6.62. The molecule has 0 aromatic rings. The molecule has 0 amide bonds. The summed E-state index contributed by atoms with van der Waals surface area (Å²) in [5.41, 5.74) is 0.533. The molecule has 0 spiro atoms. The average Bonchev–Trinajstić information content (AvgIpc) is 2.20. The molecule has 17 heavy (non-hydrogen) atoms. The molecule has 1 rings (SSSR count). The van der Waals surface area contributed by atoms with Crippen LogP contribution in [-0.4, -0.2) is 26.3 Å². The number of unbranched alkanes of at least 4 members (excludes halogenated alkanes) is 2. The van der Waals surface area contributed by atoms with Crippen LogP contribution in [0.25, 0.3) is 0 Å². The lowest BCUT2D eigenvalue weighted by Gasteiger charge is -2.39. The fourth-order valence-corrected chi connectivity index (χ4v) is 3.36. The van der Waals surface area contributed by atoms with Crippen LogP contribution in [0, 0.1) is 11.3 Å². The lowest BCUT2D eigenvalue weighted by atomic mass is 9.70. The van der Waals surface area contributed by atoms with Gasteiger partial charge in [-0.2, -0.15) is 0 Å². The predicted molar refractivity (Wildman–Crippen MR) is 74.3 cm³/mol. The number of hydrogen-bond donors (Lipinski definition) is 1. The van der Waals surface area contributed by atoms with Gasteiger partial charge in [-0.05, 0) is 56.4 Å². The van der Waals surface area contributed by atoms with Crippen molar-refractivity contribution >= 4 is 0 Å². The molecule has 1 fully saturated rings. The molecule has 1 aliphatic carbocycles. The molecule has 0 aromatic heterocycles. The second-order valence-corrected chi connectivity index (χ2v) is 6.62. The monoisotopic (exact) mass is 241 g/mol. The van der Waals surface area contributed by atoms with Gasteiger partial charge in [0.15, 0.2) is 0 Å². The van der Waals surface area contributed by atoms with Gasteiger partial charge < -0.3 is 10.1 Å². The Morgan fingerprint density at radius 3 is 2.59 bits per heavy atom. The van der Waals surface area contributed by atoms with Crippen molar-refractivity contribution in [2.24, 2.45) is 11.3 Å². The van der Waals surface area contributed by atoms with Crippen molar-refractivity contribution < 1.29 is 4.74 Å². The Labute approximate surface area is 108 Å². The van der Waals surface area contributed by atoms with Crippen molar-refractivity contribution in [3.05, 3.63) is 0 Å². The van der Waals surface area contributed by atoms with Crippen LogP contribution in [0.5, 0.6) is 0 Å². The fraction of sp³-hybridized carbons (Fsp3) is 1.00. The molecule has 2 atom stereocenters. The normalized spacial score (nSPS) is 28.2. The van der Waals surface area contributed by atoms with Crippen LogP contribution in [0.4, 0.5) is 0 Å². The summed E-state index contributed by atoms with van der Waals surface area (Å²) < 4.78 is 5.06. The van der Waals surface area contributed by atoms with Crippen LogP contribution in [0.2, 0.25) is 0 Å². The summed E-state index contributed by atoms with van der Waals surface area (Å²) in [5.74, 6) is 0.879. The molecule has 1 aliphatic rings. The molecule has 1 saturated carbocycles. The lowest BCUT2D eigenvalue weighted by molar-refractivity contribution is 0.151. The van der Waals surface area contributed by atoms with E-state index in [4.69, 9.17) is 4.74 Å². The van der Waals surface area contributed by atoms with E-state index in [1.807, 2.05) is 0 Å². The highest BCUT2D eigenvalue weighted by Gasteiger charge is 2.31. The van der Waals surface area contributed by atoms with Crippen molar-refractivity contribution in [2.45, 2.75) is 65.3 Å². The maximum absolute atomic E-state index is 5.06. The smallest absolute Gasteiger partial charge is 0.0462 e. The standard InChI is InChI=1S/C15H31NO/c1-13-10-14(12-15(2,3)11-13)16-8-6-5-7-9-17-4/h13-14,16H,5-12H2,1-4H3. The highest BCUT2D eigenvalue weighted by molar-refractivity contribution is 4.86. The number of ether oxygens (including phenoxy) is 1. The van der Waals surface area contributed by atoms with Crippen molar-refractivity contribution in [3.63, 3.8) is 0 Å². The van der Waals surface area contributed by atoms with Gasteiger partial charge in [0.1, 0.15) is 0 Å². The first-order valence-electron chi connectivity index (χ1n) is 7.26. The summed E-state index contributed by atoms with van der Waals surface area (Å²) in [7, 11) is 1.78. The van der Waals surface area contributed by atoms with Gasteiger partial charge >= 0.3 is 0 Å². The molecule has 0 heterocycles. The zero-order valence-corrected chi connectivity index (χ0v) is 12.2. The van der Waals surface area contributed by atoms with Gasteiger partial charge in [0.05, 0.1) is 0 Å². The summed E-state index contributed by atoms with van der Waals surface area (Å²) >= 11 is 0. The summed E-state index contributed by atoms with van der Waals surface area (Å²) in [4.78, 5) is 0. The van der Waals surface area contributed by atoms with Gasteiger partial charge in [-0.25, -0.2) is 0 Å². The summed E-state index contributed by atoms with van der Waals surface area (Å²) in [6.07, 6.45) is 7.86. The van der Waals surface area contributed by atoms with Gasteiger partial charge in [0.2, 0.25) is 0 Å². The first-order chi connectivity index (χ1) is 8.03. The van der Waals surface area contributed by atoms with Gasteiger partial charge in [-0.1, -0.05) is 20.8 Å². The van der Waals surface area contributed by atoms with E-state index in [-0.39, 0.29) is 0 Å². The zero-order valence-electron chi connectivity index (χ0n) is 12.2. The van der Waals surface area contributed by atoms with E-state index in [0.29, 0.717) is 5.41 Å². The van der Waals surface area contributed by atoms with Gasteiger partial charge in [-0.3, -0.25) is 0 Å². The first kappa shape index (κ1) is 15.0. The zero-order chi connectivity index (χ0) is 12.7. The summed E-state index contributed by atoms with van der Waals surface area (Å²) in [5, 5.41) is 3.74. The van der Waals surface area contributed by atoms with Crippen LogP contribution in [0.3, 0.4) is 0 Å². The minimum atomic E-state index is 0.533. The molecule has 1 N–H and O–H groups in total. The van der Waals surface area contributed by atoms with E-state index in [2.05, 4.69) is 26.1 Å². The van der Waals surface area contributed by atoms with Crippen molar-refractivity contribution in [2.75, 3.05) is 20.3 Å². The SMILES string of the molecule is COCCCCCNC1CC(C)CC(C)(C)C1.